The molecule has 4 aromatic rings. The van der Waals surface area contributed by atoms with E-state index in [0.29, 0.717) is 64.9 Å². The molecule has 0 radical (unpaired) electrons. The number of likely N-dealkylation sites (tertiary alicyclic amines) is 1. The molecule has 1 aromatic carbocycles. The fourth-order valence-corrected chi connectivity index (χ4v) is 6.69. The van der Waals surface area contributed by atoms with Crippen molar-refractivity contribution in [1.29, 1.82) is 0 Å². The van der Waals surface area contributed by atoms with Gasteiger partial charge in [0.15, 0.2) is 0 Å². The van der Waals surface area contributed by atoms with Crippen LogP contribution in [0.4, 0.5) is 8.78 Å². The standard InChI is InChI=1S/C35H38F2N4O2S/c1-6-23-11-8-12-24(7-2)31(23)41-30(16-21(3)4)26(34(42)40-15-9-10-22(5)19-40)17-27(35(41)43)33-39-29(20-44-33)25-13-14-28(32(36)37)38-18-25/h8,11-14,16-18,20,22,32H,6-7,9-10,15,19H2,1-5H3/t22-/m1/s1. The van der Waals surface area contributed by atoms with E-state index in [1.165, 1.54) is 23.6 Å². The van der Waals surface area contributed by atoms with Crippen molar-refractivity contribution in [3.05, 3.63) is 92.0 Å². The van der Waals surface area contributed by atoms with E-state index in [-0.39, 0.29) is 17.2 Å². The third kappa shape index (κ3) is 6.29. The molecule has 44 heavy (non-hydrogen) atoms. The highest BCUT2D eigenvalue weighted by atomic mass is 32.1. The van der Waals surface area contributed by atoms with Crippen LogP contribution in [0.2, 0.25) is 0 Å². The number of allylic oxidation sites excluding steroid dienone is 1. The molecule has 6 nitrogen and oxygen atoms in total. The summed E-state index contributed by atoms with van der Waals surface area (Å²) in [6.45, 7) is 11.6. The molecule has 230 valence electrons. The largest absolute Gasteiger partial charge is 0.338 e. The molecule has 0 bridgehead atoms. The van der Waals surface area contributed by atoms with Crippen LogP contribution in [0.3, 0.4) is 0 Å². The van der Waals surface area contributed by atoms with Gasteiger partial charge >= 0.3 is 0 Å². The molecule has 0 aliphatic carbocycles. The topological polar surface area (TPSA) is 68.1 Å². The third-order valence-corrected chi connectivity index (χ3v) is 8.94. The number of pyridine rings is 2. The first-order chi connectivity index (χ1) is 21.1. The fraction of sp³-hybridized carbons (Fsp3) is 0.371. The van der Waals surface area contributed by atoms with Gasteiger partial charge in [-0.2, -0.15) is 0 Å². The van der Waals surface area contributed by atoms with Crippen molar-refractivity contribution >= 4 is 23.3 Å². The number of nitrogens with zero attached hydrogens (tertiary/aromatic N) is 4. The van der Waals surface area contributed by atoms with Crippen molar-refractivity contribution in [2.75, 3.05) is 13.1 Å². The summed E-state index contributed by atoms with van der Waals surface area (Å²) in [4.78, 5) is 39.5. The molecule has 1 atom stereocenters. The van der Waals surface area contributed by atoms with Crippen LogP contribution in [0.25, 0.3) is 33.6 Å². The molecule has 9 heteroatoms. The van der Waals surface area contributed by atoms with Gasteiger partial charge < -0.3 is 4.90 Å². The van der Waals surface area contributed by atoms with Gasteiger partial charge in [-0.15, -0.1) is 11.3 Å². The number of hydrogen-bond acceptors (Lipinski definition) is 5. The number of hydrogen-bond donors (Lipinski definition) is 0. The molecule has 0 spiro atoms. The summed E-state index contributed by atoms with van der Waals surface area (Å²) in [5.41, 5.74) is 5.69. The Kier molecular flexibility index (Phi) is 9.53. The van der Waals surface area contributed by atoms with Crippen molar-refractivity contribution in [2.45, 2.75) is 66.7 Å². The maximum Gasteiger partial charge on any atom is 0.280 e. The summed E-state index contributed by atoms with van der Waals surface area (Å²) in [7, 11) is 0. The first-order valence-corrected chi connectivity index (χ1v) is 16.1. The molecule has 4 heterocycles. The average molecular weight is 617 g/mol. The van der Waals surface area contributed by atoms with E-state index in [9.17, 15) is 18.4 Å². The zero-order chi connectivity index (χ0) is 31.5. The summed E-state index contributed by atoms with van der Waals surface area (Å²) in [5.74, 6) is 0.290. The Morgan fingerprint density at radius 1 is 1.14 bits per heavy atom. The van der Waals surface area contributed by atoms with Crippen LogP contribution in [0, 0.1) is 5.92 Å². The Hall–Kier alpha value is -3.98. The minimum Gasteiger partial charge on any atom is -0.338 e. The van der Waals surface area contributed by atoms with Crippen molar-refractivity contribution in [1.82, 2.24) is 19.4 Å². The molecule has 1 amide bonds. The van der Waals surface area contributed by atoms with Crippen LogP contribution in [0.15, 0.2) is 58.3 Å². The Labute approximate surface area is 261 Å². The zero-order valence-corrected chi connectivity index (χ0v) is 26.7. The molecular weight excluding hydrogens is 578 g/mol. The van der Waals surface area contributed by atoms with Gasteiger partial charge in [0.1, 0.15) is 10.7 Å². The summed E-state index contributed by atoms with van der Waals surface area (Å²) >= 11 is 1.28. The van der Waals surface area contributed by atoms with Crippen LogP contribution in [0.5, 0.6) is 0 Å². The van der Waals surface area contributed by atoms with Crippen molar-refractivity contribution < 1.29 is 13.6 Å². The molecule has 5 rings (SSSR count). The fourth-order valence-electron chi connectivity index (χ4n) is 5.86. The third-order valence-electron chi connectivity index (χ3n) is 8.07. The molecule has 0 unspecified atom stereocenters. The molecule has 3 aromatic heterocycles. The van der Waals surface area contributed by atoms with Crippen LogP contribution in [0.1, 0.15) is 86.8 Å². The highest BCUT2D eigenvalue weighted by molar-refractivity contribution is 7.13. The number of carbonyl (C=O) groups is 1. The monoisotopic (exact) mass is 616 g/mol. The summed E-state index contributed by atoms with van der Waals surface area (Å²) in [6, 6.07) is 10.6. The van der Waals surface area contributed by atoms with Gasteiger partial charge in [-0.1, -0.05) is 44.5 Å². The van der Waals surface area contributed by atoms with Gasteiger partial charge in [-0.05, 0) is 80.9 Å². The number of aryl methyl sites for hydroxylation is 2. The quantitative estimate of drug-likeness (QED) is 0.199. The van der Waals surface area contributed by atoms with E-state index in [0.717, 1.165) is 35.2 Å². The van der Waals surface area contributed by atoms with E-state index < -0.39 is 6.43 Å². The molecule has 1 fully saturated rings. The van der Waals surface area contributed by atoms with E-state index in [4.69, 9.17) is 4.98 Å². The second kappa shape index (κ2) is 13.3. The minimum absolute atomic E-state index is 0.102. The van der Waals surface area contributed by atoms with Gasteiger partial charge in [-0.25, -0.2) is 13.8 Å². The highest BCUT2D eigenvalue weighted by Crippen LogP contribution is 2.32. The van der Waals surface area contributed by atoms with Crippen LogP contribution in [-0.4, -0.2) is 38.4 Å². The van der Waals surface area contributed by atoms with Gasteiger partial charge in [0.25, 0.3) is 17.9 Å². The second-order valence-electron chi connectivity index (χ2n) is 11.7. The number of halogens is 2. The number of rotatable bonds is 8. The highest BCUT2D eigenvalue weighted by Gasteiger charge is 2.29. The van der Waals surface area contributed by atoms with E-state index in [1.54, 1.807) is 22.1 Å². The molecular formula is C35H38F2N4O2S. The first kappa shape index (κ1) is 31.4. The lowest BCUT2D eigenvalue weighted by molar-refractivity contribution is 0.0682. The first-order valence-electron chi connectivity index (χ1n) is 15.2. The van der Waals surface area contributed by atoms with Gasteiger partial charge in [0.05, 0.1) is 28.2 Å². The van der Waals surface area contributed by atoms with Crippen LogP contribution >= 0.6 is 11.3 Å². The lowest BCUT2D eigenvalue weighted by Crippen LogP contribution is -2.40. The van der Waals surface area contributed by atoms with Crippen molar-refractivity contribution in [3.63, 3.8) is 0 Å². The van der Waals surface area contributed by atoms with Gasteiger partial charge in [-0.3, -0.25) is 19.1 Å². The van der Waals surface area contributed by atoms with E-state index >= 15 is 0 Å². The maximum atomic E-state index is 14.7. The molecule has 1 aliphatic heterocycles. The van der Waals surface area contributed by atoms with Gasteiger partial charge in [0.2, 0.25) is 0 Å². The lowest BCUT2D eigenvalue weighted by Gasteiger charge is -2.32. The molecule has 0 saturated carbocycles. The number of thiazole rings is 1. The molecule has 1 saturated heterocycles. The number of para-hydroxylation sites is 1. The normalized spacial score (nSPS) is 15.1. The van der Waals surface area contributed by atoms with Gasteiger partial charge in [0, 0.05) is 30.2 Å². The summed E-state index contributed by atoms with van der Waals surface area (Å²) in [6.07, 6.45) is 4.08. The number of aromatic nitrogens is 3. The average Bonchev–Trinajstić information content (AvgIpc) is 3.50. The SMILES string of the molecule is CCc1cccc(CC)c1-n1c(C=C(C)C)c(C(=O)N2CCC[C@@H](C)C2)cc(-c2nc(-c3ccc(C(F)F)nc3)cs2)c1=O. The Morgan fingerprint density at radius 2 is 1.86 bits per heavy atom. The maximum absolute atomic E-state index is 14.7. The Balaban J connectivity index is 1.78. The number of carbonyl (C=O) groups excluding carboxylic acids is 1. The van der Waals surface area contributed by atoms with E-state index in [1.807, 2.05) is 43.0 Å². The second-order valence-corrected chi connectivity index (χ2v) is 12.5. The predicted molar refractivity (Wildman–Crippen MR) is 174 cm³/mol. The number of benzene rings is 1. The Morgan fingerprint density at radius 3 is 2.45 bits per heavy atom. The lowest BCUT2D eigenvalue weighted by atomic mass is 9.97. The molecule has 1 aliphatic rings. The summed E-state index contributed by atoms with van der Waals surface area (Å²) in [5, 5.41) is 2.24. The van der Waals surface area contributed by atoms with Crippen LogP contribution in [-0.2, 0) is 12.8 Å². The number of alkyl halides is 2. The van der Waals surface area contributed by atoms with Crippen LogP contribution < -0.4 is 5.56 Å². The zero-order valence-electron chi connectivity index (χ0n) is 25.9. The number of piperidine rings is 1. The van der Waals surface area contributed by atoms with E-state index in [2.05, 4.69) is 25.8 Å². The number of amides is 1. The molecule has 0 N–H and O–H groups in total. The predicted octanol–water partition coefficient (Wildman–Crippen LogP) is 8.38. The Bertz CT molecular complexity index is 1730. The summed E-state index contributed by atoms with van der Waals surface area (Å²) < 4.78 is 27.9. The van der Waals surface area contributed by atoms with Crippen molar-refractivity contribution in [2.24, 2.45) is 5.92 Å². The minimum atomic E-state index is -2.66. The smallest absolute Gasteiger partial charge is 0.280 e. The van der Waals surface area contributed by atoms with Crippen molar-refractivity contribution in [3.8, 4) is 27.5 Å².